The summed E-state index contributed by atoms with van der Waals surface area (Å²) in [5.74, 6) is -0.125. The second-order valence-electron chi connectivity index (χ2n) is 4.18. The van der Waals surface area contributed by atoms with Gasteiger partial charge in [-0.25, -0.2) is 4.79 Å². The predicted octanol–water partition coefficient (Wildman–Crippen LogP) is 1.48. The van der Waals surface area contributed by atoms with Crippen molar-refractivity contribution >= 4 is 5.97 Å². The van der Waals surface area contributed by atoms with E-state index in [0.29, 0.717) is 18.2 Å². The highest BCUT2D eigenvalue weighted by molar-refractivity contribution is 5.84. The van der Waals surface area contributed by atoms with E-state index in [1.807, 2.05) is 6.92 Å². The molecule has 5 nitrogen and oxygen atoms in total. The lowest BCUT2D eigenvalue weighted by Crippen LogP contribution is -2.15. The summed E-state index contributed by atoms with van der Waals surface area (Å²) in [4.78, 5) is 10.6. The van der Waals surface area contributed by atoms with Crippen LogP contribution >= 0.6 is 0 Å². The van der Waals surface area contributed by atoms with E-state index in [0.717, 1.165) is 19.4 Å². The van der Waals surface area contributed by atoms with Crippen LogP contribution in [0.2, 0.25) is 0 Å². The molecule has 3 N–H and O–H groups in total. The van der Waals surface area contributed by atoms with E-state index in [1.165, 1.54) is 6.07 Å². The van der Waals surface area contributed by atoms with Crippen LogP contribution in [-0.4, -0.2) is 29.3 Å². The second-order valence-corrected chi connectivity index (χ2v) is 4.18. The number of hydrogen-bond donors (Lipinski definition) is 3. The molecule has 0 saturated carbocycles. The molecule has 1 aromatic rings. The standard InChI is InChI=1S/C12H19NO4/c1-9(8-14)3-2-6-13-7-10-4-5-11(17-10)12(15)16/h4-5,9,13-14H,2-3,6-8H2,1H3,(H,15,16). The summed E-state index contributed by atoms with van der Waals surface area (Å²) in [7, 11) is 0. The fourth-order valence-corrected chi connectivity index (χ4v) is 1.47. The van der Waals surface area contributed by atoms with Crippen LogP contribution in [0.25, 0.3) is 0 Å². The van der Waals surface area contributed by atoms with E-state index in [-0.39, 0.29) is 12.4 Å². The Morgan fingerprint density at radius 3 is 2.88 bits per heavy atom. The molecule has 0 fully saturated rings. The van der Waals surface area contributed by atoms with Crippen molar-refractivity contribution in [1.29, 1.82) is 0 Å². The first-order valence-electron chi connectivity index (χ1n) is 5.77. The zero-order valence-electron chi connectivity index (χ0n) is 9.98. The molecule has 96 valence electrons. The third-order valence-electron chi connectivity index (χ3n) is 2.53. The van der Waals surface area contributed by atoms with E-state index in [4.69, 9.17) is 14.6 Å². The highest BCUT2D eigenvalue weighted by atomic mass is 16.4. The van der Waals surface area contributed by atoms with Gasteiger partial charge in [0.05, 0.1) is 6.54 Å². The summed E-state index contributed by atoms with van der Waals surface area (Å²) in [5, 5.41) is 20.7. The number of aromatic carboxylic acids is 1. The number of carbonyl (C=O) groups is 1. The first kappa shape index (κ1) is 13.7. The van der Waals surface area contributed by atoms with Gasteiger partial charge in [-0.2, -0.15) is 0 Å². The topological polar surface area (TPSA) is 82.7 Å². The third kappa shape index (κ3) is 5.01. The van der Waals surface area contributed by atoms with E-state index in [1.54, 1.807) is 6.07 Å². The van der Waals surface area contributed by atoms with Crippen molar-refractivity contribution in [2.45, 2.75) is 26.3 Å². The number of carboxylic acids is 1. The number of nitrogens with one attached hydrogen (secondary N) is 1. The number of aliphatic hydroxyl groups excluding tert-OH is 1. The van der Waals surface area contributed by atoms with Crippen molar-refractivity contribution in [3.8, 4) is 0 Å². The molecule has 1 aromatic heterocycles. The van der Waals surface area contributed by atoms with Gasteiger partial charge >= 0.3 is 5.97 Å². The Hall–Kier alpha value is -1.33. The molecule has 0 spiro atoms. The second kappa shape index (κ2) is 7.09. The van der Waals surface area contributed by atoms with Gasteiger partial charge < -0.3 is 19.9 Å². The number of carboxylic acid groups (broad SMARTS) is 1. The fraction of sp³-hybridized carbons (Fsp3) is 0.583. The molecule has 1 rings (SSSR count). The van der Waals surface area contributed by atoms with Crippen LogP contribution in [0.15, 0.2) is 16.5 Å². The van der Waals surface area contributed by atoms with Crippen molar-refractivity contribution in [3.05, 3.63) is 23.7 Å². The van der Waals surface area contributed by atoms with Gasteiger partial charge in [0, 0.05) is 6.61 Å². The molecule has 0 saturated heterocycles. The summed E-state index contributed by atoms with van der Waals surface area (Å²) in [6.45, 7) is 3.58. The van der Waals surface area contributed by atoms with Crippen molar-refractivity contribution in [3.63, 3.8) is 0 Å². The third-order valence-corrected chi connectivity index (χ3v) is 2.53. The maximum Gasteiger partial charge on any atom is 0.371 e. The van der Waals surface area contributed by atoms with Crippen molar-refractivity contribution in [2.75, 3.05) is 13.2 Å². The summed E-state index contributed by atoms with van der Waals surface area (Å²) < 4.78 is 5.09. The Morgan fingerprint density at radius 1 is 1.53 bits per heavy atom. The zero-order chi connectivity index (χ0) is 12.7. The van der Waals surface area contributed by atoms with Gasteiger partial charge in [0.2, 0.25) is 5.76 Å². The zero-order valence-corrected chi connectivity index (χ0v) is 9.98. The summed E-state index contributed by atoms with van der Waals surface area (Å²) in [6.07, 6.45) is 1.95. The molecule has 0 aliphatic heterocycles. The van der Waals surface area contributed by atoms with Gasteiger partial charge in [0.1, 0.15) is 5.76 Å². The largest absolute Gasteiger partial charge is 0.475 e. The van der Waals surface area contributed by atoms with Crippen LogP contribution in [0.5, 0.6) is 0 Å². The Bertz CT molecular complexity index is 348. The highest BCUT2D eigenvalue weighted by Crippen LogP contribution is 2.07. The number of furan rings is 1. The summed E-state index contributed by atoms with van der Waals surface area (Å²) in [5.41, 5.74) is 0. The minimum Gasteiger partial charge on any atom is -0.475 e. The first-order chi connectivity index (χ1) is 8.13. The summed E-state index contributed by atoms with van der Waals surface area (Å²) >= 11 is 0. The lowest BCUT2D eigenvalue weighted by atomic mass is 10.1. The molecule has 0 aromatic carbocycles. The van der Waals surface area contributed by atoms with Crippen LogP contribution in [0.4, 0.5) is 0 Å². The lowest BCUT2D eigenvalue weighted by Gasteiger charge is -2.07. The highest BCUT2D eigenvalue weighted by Gasteiger charge is 2.08. The molecular formula is C12H19NO4. The van der Waals surface area contributed by atoms with Gasteiger partial charge in [-0.3, -0.25) is 0 Å². The minimum atomic E-state index is -1.05. The molecule has 1 heterocycles. The van der Waals surface area contributed by atoms with Gasteiger partial charge in [-0.15, -0.1) is 0 Å². The Balaban J connectivity index is 2.15. The van der Waals surface area contributed by atoms with E-state index >= 15 is 0 Å². The van der Waals surface area contributed by atoms with Crippen LogP contribution in [-0.2, 0) is 6.54 Å². The molecule has 0 amide bonds. The normalized spacial score (nSPS) is 12.6. The molecule has 0 radical (unpaired) electrons. The van der Waals surface area contributed by atoms with E-state index in [9.17, 15) is 4.79 Å². The Kier molecular flexibility index (Phi) is 5.72. The summed E-state index contributed by atoms with van der Waals surface area (Å²) in [6, 6.07) is 3.11. The van der Waals surface area contributed by atoms with Gasteiger partial charge in [-0.05, 0) is 37.4 Å². The van der Waals surface area contributed by atoms with Crippen LogP contribution in [0.1, 0.15) is 36.1 Å². The Morgan fingerprint density at radius 2 is 2.29 bits per heavy atom. The van der Waals surface area contributed by atoms with Gasteiger partial charge in [0.25, 0.3) is 0 Å². The molecule has 0 bridgehead atoms. The van der Waals surface area contributed by atoms with Crippen molar-refractivity contribution in [2.24, 2.45) is 5.92 Å². The molecule has 1 unspecified atom stereocenters. The lowest BCUT2D eigenvalue weighted by molar-refractivity contribution is 0.0660. The average molecular weight is 241 g/mol. The maximum absolute atomic E-state index is 10.6. The quantitative estimate of drug-likeness (QED) is 0.600. The van der Waals surface area contributed by atoms with Gasteiger partial charge in [0.15, 0.2) is 0 Å². The monoisotopic (exact) mass is 241 g/mol. The maximum atomic E-state index is 10.6. The molecule has 5 heteroatoms. The van der Waals surface area contributed by atoms with E-state index < -0.39 is 5.97 Å². The predicted molar refractivity (Wildman–Crippen MR) is 62.9 cm³/mol. The Labute approximate surface area is 100 Å². The van der Waals surface area contributed by atoms with Crippen LogP contribution in [0.3, 0.4) is 0 Å². The van der Waals surface area contributed by atoms with Crippen molar-refractivity contribution in [1.82, 2.24) is 5.32 Å². The number of hydrogen-bond acceptors (Lipinski definition) is 4. The fourth-order valence-electron chi connectivity index (χ4n) is 1.47. The SMILES string of the molecule is CC(CO)CCCNCc1ccc(C(=O)O)o1. The molecule has 0 aliphatic rings. The smallest absolute Gasteiger partial charge is 0.371 e. The molecule has 17 heavy (non-hydrogen) atoms. The number of aliphatic hydroxyl groups is 1. The van der Waals surface area contributed by atoms with Crippen LogP contribution < -0.4 is 5.32 Å². The molecule has 0 aliphatic carbocycles. The van der Waals surface area contributed by atoms with Crippen LogP contribution in [0, 0.1) is 5.92 Å². The molecular weight excluding hydrogens is 222 g/mol. The number of rotatable bonds is 8. The average Bonchev–Trinajstić information content (AvgIpc) is 2.77. The van der Waals surface area contributed by atoms with E-state index in [2.05, 4.69) is 5.32 Å². The first-order valence-corrected chi connectivity index (χ1v) is 5.77. The molecule has 1 atom stereocenters. The van der Waals surface area contributed by atoms with Crippen molar-refractivity contribution < 1.29 is 19.4 Å². The van der Waals surface area contributed by atoms with Gasteiger partial charge in [-0.1, -0.05) is 6.92 Å². The minimum absolute atomic E-state index is 0.0318.